The fraction of sp³-hybridized carbons (Fsp3) is 0.400. The van der Waals surface area contributed by atoms with Crippen molar-refractivity contribution in [2.24, 2.45) is 0 Å². The van der Waals surface area contributed by atoms with Gasteiger partial charge in [-0.1, -0.05) is 23.5 Å². The number of amides is 1. The Kier molecular flexibility index (Phi) is 7.27. The van der Waals surface area contributed by atoms with E-state index in [1.54, 1.807) is 5.06 Å². The molecule has 1 aromatic carbocycles. The van der Waals surface area contributed by atoms with Gasteiger partial charge in [0.05, 0.1) is 13.7 Å². The lowest BCUT2D eigenvalue weighted by Crippen LogP contribution is -2.46. The molecule has 3 aromatic rings. The van der Waals surface area contributed by atoms with Crippen LogP contribution in [0.25, 0.3) is 10.3 Å². The fourth-order valence-corrected chi connectivity index (χ4v) is 4.08. The number of benzene rings is 1. The first-order chi connectivity index (χ1) is 15.6. The summed E-state index contributed by atoms with van der Waals surface area (Å²) in [7, 11) is 1.50. The van der Waals surface area contributed by atoms with Gasteiger partial charge in [0.15, 0.2) is 15.5 Å². The molecule has 1 aliphatic heterocycles. The number of carbonyl (C=O) groups excluding carboxylic acids is 1. The minimum absolute atomic E-state index is 0.0129. The van der Waals surface area contributed by atoms with Crippen molar-refractivity contribution < 1.29 is 24.2 Å². The number of carbonyl (C=O) groups is 1. The molecule has 0 aliphatic carbocycles. The first-order valence-corrected chi connectivity index (χ1v) is 10.9. The summed E-state index contributed by atoms with van der Waals surface area (Å²) in [5.41, 5.74) is 1.62. The molecule has 0 unspecified atom stereocenters. The van der Waals surface area contributed by atoms with Gasteiger partial charge in [-0.15, -0.1) is 5.06 Å². The summed E-state index contributed by atoms with van der Waals surface area (Å²) in [5.74, 6) is 1.10. The van der Waals surface area contributed by atoms with Gasteiger partial charge in [-0.25, -0.2) is 14.8 Å². The van der Waals surface area contributed by atoms with Crippen LogP contribution in [-0.4, -0.2) is 82.6 Å². The number of fused-ring (bicyclic) bond motifs is 1. The summed E-state index contributed by atoms with van der Waals surface area (Å²) in [6, 6.07) is 7.83. The predicted molar refractivity (Wildman–Crippen MR) is 118 cm³/mol. The maximum Gasteiger partial charge on any atom is 0.432 e. The molecule has 0 atom stereocenters. The monoisotopic (exact) mass is 460 g/mol. The van der Waals surface area contributed by atoms with E-state index in [2.05, 4.69) is 25.2 Å². The number of thiazole rings is 1. The van der Waals surface area contributed by atoms with Gasteiger partial charge in [0.1, 0.15) is 18.7 Å². The molecule has 12 heteroatoms. The SMILES string of the molecule is COc1ncnc2sc(NC(=O)ON3CCN(Cc4cccc(OCCO)c4)CC3)nc12. The van der Waals surface area contributed by atoms with Crippen LogP contribution in [0.2, 0.25) is 0 Å². The number of ether oxygens (including phenoxy) is 2. The van der Waals surface area contributed by atoms with Gasteiger partial charge in [-0.05, 0) is 17.7 Å². The molecule has 3 heterocycles. The van der Waals surface area contributed by atoms with Crippen LogP contribution in [0.15, 0.2) is 30.6 Å². The van der Waals surface area contributed by atoms with Crippen molar-refractivity contribution in [3.05, 3.63) is 36.2 Å². The van der Waals surface area contributed by atoms with Gasteiger partial charge in [0.25, 0.3) is 0 Å². The van der Waals surface area contributed by atoms with E-state index in [4.69, 9.17) is 19.4 Å². The van der Waals surface area contributed by atoms with Gasteiger partial charge in [-0.3, -0.25) is 10.2 Å². The van der Waals surface area contributed by atoms with E-state index in [0.717, 1.165) is 30.9 Å². The minimum Gasteiger partial charge on any atom is -0.491 e. The number of rotatable bonds is 8. The number of hydrogen-bond acceptors (Lipinski definition) is 11. The maximum absolute atomic E-state index is 12.3. The Labute approximate surface area is 188 Å². The second kappa shape index (κ2) is 10.5. The Morgan fingerprint density at radius 1 is 1.25 bits per heavy atom. The van der Waals surface area contributed by atoms with Gasteiger partial charge in [0, 0.05) is 32.7 Å². The second-order valence-corrected chi connectivity index (χ2v) is 7.96. The van der Waals surface area contributed by atoms with E-state index in [-0.39, 0.29) is 13.2 Å². The highest BCUT2D eigenvalue weighted by atomic mass is 32.1. The average Bonchev–Trinajstić information content (AvgIpc) is 3.21. The molecule has 0 spiro atoms. The number of anilines is 1. The Bertz CT molecular complexity index is 1060. The Hall–Kier alpha value is -3.06. The number of hydrogen-bond donors (Lipinski definition) is 2. The van der Waals surface area contributed by atoms with E-state index >= 15 is 0 Å². The van der Waals surface area contributed by atoms with Crippen molar-refractivity contribution in [3.63, 3.8) is 0 Å². The molecule has 1 aliphatic rings. The molecule has 1 saturated heterocycles. The molecule has 1 amide bonds. The number of nitrogens with one attached hydrogen (secondary N) is 1. The summed E-state index contributed by atoms with van der Waals surface area (Å²) in [4.78, 5) is 33.1. The largest absolute Gasteiger partial charge is 0.491 e. The van der Waals surface area contributed by atoms with Crippen molar-refractivity contribution in [2.75, 3.05) is 51.8 Å². The van der Waals surface area contributed by atoms with Crippen LogP contribution < -0.4 is 14.8 Å². The van der Waals surface area contributed by atoms with Crippen molar-refractivity contribution in [1.29, 1.82) is 0 Å². The summed E-state index contributed by atoms with van der Waals surface area (Å²) >= 11 is 1.22. The minimum atomic E-state index is -0.599. The molecular weight excluding hydrogens is 436 g/mol. The fourth-order valence-electron chi connectivity index (χ4n) is 3.30. The average molecular weight is 461 g/mol. The summed E-state index contributed by atoms with van der Waals surface area (Å²) < 4.78 is 10.6. The van der Waals surface area contributed by atoms with E-state index in [0.29, 0.717) is 34.4 Å². The Morgan fingerprint density at radius 3 is 2.88 bits per heavy atom. The summed E-state index contributed by atoms with van der Waals surface area (Å²) in [5, 5.41) is 13.5. The van der Waals surface area contributed by atoms with Crippen LogP contribution in [-0.2, 0) is 11.4 Å². The predicted octanol–water partition coefficient (Wildman–Crippen LogP) is 1.75. The molecule has 11 nitrogen and oxygen atoms in total. The first kappa shape index (κ1) is 22.1. The third kappa shape index (κ3) is 5.59. The molecule has 32 heavy (non-hydrogen) atoms. The summed E-state index contributed by atoms with van der Waals surface area (Å²) in [6.07, 6.45) is 0.789. The second-order valence-electron chi connectivity index (χ2n) is 6.98. The molecule has 0 bridgehead atoms. The van der Waals surface area contributed by atoms with Gasteiger partial charge in [-0.2, -0.15) is 4.98 Å². The smallest absolute Gasteiger partial charge is 0.432 e. The molecule has 170 valence electrons. The third-order valence-corrected chi connectivity index (χ3v) is 5.65. The Morgan fingerprint density at radius 2 is 2.09 bits per heavy atom. The summed E-state index contributed by atoms with van der Waals surface area (Å²) in [6.45, 7) is 3.72. The molecule has 2 aromatic heterocycles. The molecular formula is C20H24N6O5S. The Balaban J connectivity index is 1.25. The maximum atomic E-state index is 12.3. The van der Waals surface area contributed by atoms with Gasteiger partial charge >= 0.3 is 6.09 Å². The van der Waals surface area contributed by atoms with Gasteiger partial charge < -0.3 is 19.4 Å². The molecule has 0 radical (unpaired) electrons. The van der Waals surface area contributed by atoms with Crippen LogP contribution >= 0.6 is 11.3 Å². The van der Waals surface area contributed by atoms with Crippen molar-refractivity contribution in [2.45, 2.75) is 6.54 Å². The van der Waals surface area contributed by atoms with E-state index in [1.165, 1.54) is 24.8 Å². The normalized spacial score (nSPS) is 14.9. The number of nitrogens with zero attached hydrogens (tertiary/aromatic N) is 5. The number of aromatic nitrogens is 3. The van der Waals surface area contributed by atoms with E-state index < -0.39 is 6.09 Å². The number of piperazine rings is 1. The lowest BCUT2D eigenvalue weighted by Gasteiger charge is -2.33. The zero-order chi connectivity index (χ0) is 22.3. The number of aliphatic hydroxyl groups is 1. The van der Waals surface area contributed by atoms with Crippen LogP contribution in [0.5, 0.6) is 11.6 Å². The number of methoxy groups -OCH3 is 1. The van der Waals surface area contributed by atoms with Crippen molar-refractivity contribution in [3.8, 4) is 11.6 Å². The van der Waals surface area contributed by atoms with Crippen molar-refractivity contribution in [1.82, 2.24) is 24.9 Å². The lowest BCUT2D eigenvalue weighted by molar-refractivity contribution is -0.119. The zero-order valence-corrected chi connectivity index (χ0v) is 18.4. The highest BCUT2D eigenvalue weighted by Crippen LogP contribution is 2.28. The zero-order valence-electron chi connectivity index (χ0n) is 17.6. The molecule has 0 saturated carbocycles. The lowest BCUT2D eigenvalue weighted by atomic mass is 10.2. The van der Waals surface area contributed by atoms with E-state index in [1.807, 2.05) is 24.3 Å². The van der Waals surface area contributed by atoms with Crippen LogP contribution in [0.4, 0.5) is 9.93 Å². The van der Waals surface area contributed by atoms with Gasteiger partial charge in [0.2, 0.25) is 5.88 Å². The van der Waals surface area contributed by atoms with E-state index in [9.17, 15) is 4.79 Å². The molecule has 2 N–H and O–H groups in total. The van der Waals surface area contributed by atoms with Crippen LogP contribution in [0.1, 0.15) is 5.56 Å². The standard InChI is InChI=1S/C20H24N6O5S/c1-29-17-16-18(22-13-21-17)32-19(23-16)24-20(28)31-26-7-5-25(6-8-26)12-14-3-2-4-15(11-14)30-10-9-27/h2-4,11,13,27H,5-10,12H2,1H3,(H,23,24,28). The van der Waals surface area contributed by atoms with Crippen molar-refractivity contribution >= 4 is 32.9 Å². The van der Waals surface area contributed by atoms with Crippen LogP contribution in [0.3, 0.4) is 0 Å². The molecule has 4 rings (SSSR count). The van der Waals surface area contributed by atoms with Crippen LogP contribution in [0, 0.1) is 0 Å². The highest BCUT2D eigenvalue weighted by Gasteiger charge is 2.21. The highest BCUT2D eigenvalue weighted by molar-refractivity contribution is 7.22. The third-order valence-electron chi connectivity index (χ3n) is 4.77. The molecule has 1 fully saturated rings. The quantitative estimate of drug-likeness (QED) is 0.514. The number of hydroxylamine groups is 2. The first-order valence-electron chi connectivity index (χ1n) is 10.1. The topological polar surface area (TPSA) is 122 Å². The number of aliphatic hydroxyl groups excluding tert-OH is 1.